The molecule has 1 atom stereocenters. The molecule has 3 aliphatic rings. The van der Waals surface area contributed by atoms with Gasteiger partial charge in [0.25, 0.3) is 0 Å². The van der Waals surface area contributed by atoms with Crippen molar-refractivity contribution < 1.29 is 4.74 Å². The first-order valence-corrected chi connectivity index (χ1v) is 7.66. The van der Waals surface area contributed by atoms with Crippen LogP contribution in [0.3, 0.4) is 0 Å². The zero-order valence-corrected chi connectivity index (χ0v) is 11.9. The second-order valence-corrected chi connectivity index (χ2v) is 5.91. The number of hydrogen-bond donors (Lipinski definition) is 0. The SMILES string of the molecule is N#CC1=CCCC(OCC2CCC3=C(CCC=C3)C2)=C1. The van der Waals surface area contributed by atoms with Gasteiger partial charge in [0.15, 0.2) is 0 Å². The Kier molecular flexibility index (Phi) is 4.06. The smallest absolute Gasteiger partial charge is 0.0989 e. The molecule has 2 nitrogen and oxygen atoms in total. The van der Waals surface area contributed by atoms with E-state index < -0.39 is 0 Å². The Morgan fingerprint density at radius 2 is 2.20 bits per heavy atom. The molecule has 0 aromatic carbocycles. The van der Waals surface area contributed by atoms with Gasteiger partial charge in [-0.3, -0.25) is 0 Å². The highest BCUT2D eigenvalue weighted by Gasteiger charge is 2.21. The predicted molar refractivity (Wildman–Crippen MR) is 79.7 cm³/mol. The molecule has 0 bridgehead atoms. The molecule has 0 amide bonds. The summed E-state index contributed by atoms with van der Waals surface area (Å²) in [6.07, 6.45) is 16.5. The Labute approximate surface area is 121 Å². The van der Waals surface area contributed by atoms with Crippen LogP contribution >= 0.6 is 0 Å². The maximum absolute atomic E-state index is 8.92. The summed E-state index contributed by atoms with van der Waals surface area (Å²) in [6.45, 7) is 0.811. The predicted octanol–water partition coefficient (Wildman–Crippen LogP) is 4.58. The Hall–Kier alpha value is -1.75. The molecular formula is C18H21NO. The highest BCUT2D eigenvalue weighted by molar-refractivity contribution is 5.36. The van der Waals surface area contributed by atoms with Crippen molar-refractivity contribution in [2.24, 2.45) is 5.92 Å². The molecule has 0 saturated heterocycles. The van der Waals surface area contributed by atoms with E-state index in [-0.39, 0.29) is 0 Å². The summed E-state index contributed by atoms with van der Waals surface area (Å²) in [4.78, 5) is 0. The third-order valence-corrected chi connectivity index (χ3v) is 4.45. The van der Waals surface area contributed by atoms with Gasteiger partial charge in [0, 0.05) is 6.42 Å². The first-order chi connectivity index (χ1) is 9.85. The van der Waals surface area contributed by atoms with Crippen molar-refractivity contribution in [1.82, 2.24) is 0 Å². The second kappa shape index (κ2) is 6.13. The summed E-state index contributed by atoms with van der Waals surface area (Å²) in [5.74, 6) is 1.64. The first-order valence-electron chi connectivity index (χ1n) is 7.66. The van der Waals surface area contributed by atoms with E-state index in [1.54, 1.807) is 11.1 Å². The van der Waals surface area contributed by atoms with E-state index in [0.29, 0.717) is 5.92 Å². The lowest BCUT2D eigenvalue weighted by Gasteiger charge is -2.28. The number of rotatable bonds is 3. The van der Waals surface area contributed by atoms with Crippen LogP contribution in [0.2, 0.25) is 0 Å². The number of ether oxygens (including phenoxy) is 1. The van der Waals surface area contributed by atoms with Gasteiger partial charge in [-0.2, -0.15) is 5.26 Å². The van der Waals surface area contributed by atoms with Gasteiger partial charge in [-0.05, 0) is 56.1 Å². The zero-order chi connectivity index (χ0) is 13.8. The fourth-order valence-corrected chi connectivity index (χ4v) is 3.30. The van der Waals surface area contributed by atoms with Gasteiger partial charge in [-0.15, -0.1) is 0 Å². The lowest BCUT2D eigenvalue weighted by atomic mass is 9.80. The minimum atomic E-state index is 0.651. The lowest BCUT2D eigenvalue weighted by Crippen LogP contribution is -2.17. The summed E-state index contributed by atoms with van der Waals surface area (Å²) < 4.78 is 5.96. The van der Waals surface area contributed by atoms with Gasteiger partial charge in [-0.25, -0.2) is 0 Å². The summed E-state index contributed by atoms with van der Waals surface area (Å²) in [6, 6.07) is 2.20. The van der Waals surface area contributed by atoms with Crippen molar-refractivity contribution in [3.05, 3.63) is 46.8 Å². The maximum atomic E-state index is 8.92. The Balaban J connectivity index is 1.54. The molecule has 3 aliphatic carbocycles. The van der Waals surface area contributed by atoms with E-state index >= 15 is 0 Å². The van der Waals surface area contributed by atoms with Gasteiger partial charge in [0.1, 0.15) is 0 Å². The van der Waals surface area contributed by atoms with Gasteiger partial charge in [0.05, 0.1) is 24.0 Å². The summed E-state index contributed by atoms with van der Waals surface area (Å²) in [5.41, 5.74) is 3.99. The quantitative estimate of drug-likeness (QED) is 0.750. The number of allylic oxidation sites excluding steroid dienone is 8. The standard InChI is InChI=1S/C18H21NO/c19-12-14-4-3-7-18(11-14)20-13-15-8-9-16-5-1-2-6-17(16)10-15/h1,4-5,11,15H,2-3,6-10,13H2. The molecule has 3 rings (SSSR count). The van der Waals surface area contributed by atoms with Crippen LogP contribution in [0.25, 0.3) is 0 Å². The summed E-state index contributed by atoms with van der Waals surface area (Å²) in [5, 5.41) is 8.92. The highest BCUT2D eigenvalue weighted by atomic mass is 16.5. The average molecular weight is 267 g/mol. The van der Waals surface area contributed by atoms with Crippen molar-refractivity contribution in [1.29, 1.82) is 5.26 Å². The molecule has 1 unspecified atom stereocenters. The first kappa shape index (κ1) is 13.2. The van der Waals surface area contributed by atoms with Crippen LogP contribution in [0.5, 0.6) is 0 Å². The molecule has 0 radical (unpaired) electrons. The lowest BCUT2D eigenvalue weighted by molar-refractivity contribution is 0.148. The van der Waals surface area contributed by atoms with E-state index in [0.717, 1.165) is 30.8 Å². The van der Waals surface area contributed by atoms with Gasteiger partial charge < -0.3 is 4.74 Å². The van der Waals surface area contributed by atoms with Gasteiger partial charge in [0.2, 0.25) is 0 Å². The van der Waals surface area contributed by atoms with E-state index in [1.165, 1.54) is 32.1 Å². The van der Waals surface area contributed by atoms with Crippen LogP contribution in [0.1, 0.15) is 44.9 Å². The number of hydrogen-bond acceptors (Lipinski definition) is 2. The van der Waals surface area contributed by atoms with Crippen LogP contribution in [0, 0.1) is 17.2 Å². The normalized spacial score (nSPS) is 25.4. The summed E-state index contributed by atoms with van der Waals surface area (Å²) >= 11 is 0. The fraction of sp³-hybridized carbons (Fsp3) is 0.500. The van der Waals surface area contributed by atoms with Crippen LogP contribution in [-0.4, -0.2) is 6.61 Å². The van der Waals surface area contributed by atoms with Crippen LogP contribution in [-0.2, 0) is 4.74 Å². The third kappa shape index (κ3) is 3.04. The zero-order valence-electron chi connectivity index (χ0n) is 11.9. The highest BCUT2D eigenvalue weighted by Crippen LogP contribution is 2.35. The topological polar surface area (TPSA) is 33.0 Å². The second-order valence-electron chi connectivity index (χ2n) is 5.91. The van der Waals surface area contributed by atoms with Crippen LogP contribution in [0.15, 0.2) is 46.8 Å². The molecule has 0 saturated carbocycles. The number of nitriles is 1. The maximum Gasteiger partial charge on any atom is 0.0989 e. The molecule has 0 heterocycles. The number of nitrogens with zero attached hydrogens (tertiary/aromatic N) is 1. The van der Waals surface area contributed by atoms with Crippen molar-refractivity contribution in [2.75, 3.05) is 6.61 Å². The minimum absolute atomic E-state index is 0.651. The summed E-state index contributed by atoms with van der Waals surface area (Å²) in [7, 11) is 0. The van der Waals surface area contributed by atoms with Crippen molar-refractivity contribution in [2.45, 2.75) is 44.9 Å². The molecule has 20 heavy (non-hydrogen) atoms. The molecule has 0 spiro atoms. The molecule has 2 heteroatoms. The third-order valence-electron chi connectivity index (χ3n) is 4.45. The molecule has 0 aromatic heterocycles. The molecule has 0 aromatic rings. The van der Waals surface area contributed by atoms with Crippen molar-refractivity contribution in [3.63, 3.8) is 0 Å². The van der Waals surface area contributed by atoms with Crippen molar-refractivity contribution >= 4 is 0 Å². The average Bonchev–Trinajstić information content (AvgIpc) is 2.53. The van der Waals surface area contributed by atoms with Gasteiger partial charge >= 0.3 is 0 Å². The van der Waals surface area contributed by atoms with Crippen molar-refractivity contribution in [3.8, 4) is 6.07 Å². The van der Waals surface area contributed by atoms with Crippen LogP contribution < -0.4 is 0 Å². The van der Waals surface area contributed by atoms with E-state index in [9.17, 15) is 0 Å². The van der Waals surface area contributed by atoms with E-state index in [1.807, 2.05) is 12.2 Å². The van der Waals surface area contributed by atoms with Crippen LogP contribution in [0.4, 0.5) is 0 Å². The molecular weight excluding hydrogens is 246 g/mol. The molecule has 104 valence electrons. The largest absolute Gasteiger partial charge is 0.498 e. The van der Waals surface area contributed by atoms with Gasteiger partial charge in [-0.1, -0.05) is 23.8 Å². The Morgan fingerprint density at radius 1 is 1.25 bits per heavy atom. The molecule has 0 fully saturated rings. The fourth-order valence-electron chi connectivity index (χ4n) is 3.30. The van der Waals surface area contributed by atoms with E-state index in [2.05, 4.69) is 18.2 Å². The minimum Gasteiger partial charge on any atom is -0.498 e. The van der Waals surface area contributed by atoms with E-state index in [4.69, 9.17) is 10.00 Å². The monoisotopic (exact) mass is 267 g/mol. The Bertz CT molecular complexity index is 542. The molecule has 0 N–H and O–H groups in total. The Morgan fingerprint density at radius 3 is 3.10 bits per heavy atom. The molecule has 0 aliphatic heterocycles.